The van der Waals surface area contributed by atoms with Gasteiger partial charge >= 0.3 is 0 Å². The van der Waals surface area contributed by atoms with E-state index in [9.17, 15) is 0 Å². The van der Waals surface area contributed by atoms with Crippen LogP contribution < -0.4 is 0 Å². The fourth-order valence-corrected chi connectivity index (χ4v) is 9.47. The summed E-state index contributed by atoms with van der Waals surface area (Å²) in [5.74, 6) is 0. The van der Waals surface area contributed by atoms with E-state index in [0.717, 1.165) is 19.3 Å². The summed E-state index contributed by atoms with van der Waals surface area (Å²) in [4.78, 5) is 1.36. The van der Waals surface area contributed by atoms with Gasteiger partial charge in [0.2, 0.25) is 0 Å². The van der Waals surface area contributed by atoms with Crippen LogP contribution in [0.1, 0.15) is 33.4 Å². The standard InChI is InChI=1S/C45H28S/c1-2-6-27-15-28(10-9-26(27)5-1)29-11-13-38-32(16-29)18-34-23-42-36(21-40(34)38)20-37-22-41-35(24-43(37)42)19-33-17-31(12-14-39(33)41)45-25-30-7-3-4-8-44(30)46-45/h1-17,21-25H,18-20H2. The fraction of sp³-hybridized carbons (Fsp3) is 0.0667. The molecule has 214 valence electrons. The summed E-state index contributed by atoms with van der Waals surface area (Å²) in [6.45, 7) is 0. The van der Waals surface area contributed by atoms with Crippen molar-refractivity contribution in [2.24, 2.45) is 0 Å². The molecule has 3 aliphatic carbocycles. The summed E-state index contributed by atoms with van der Waals surface area (Å²) in [5, 5.41) is 3.92. The minimum absolute atomic E-state index is 1.01. The van der Waals surface area contributed by atoms with E-state index in [-0.39, 0.29) is 0 Å². The van der Waals surface area contributed by atoms with Gasteiger partial charge in [-0.3, -0.25) is 0 Å². The Morgan fingerprint density at radius 1 is 0.326 bits per heavy atom. The lowest BCUT2D eigenvalue weighted by Crippen LogP contribution is -1.87. The summed E-state index contributed by atoms with van der Waals surface area (Å²) in [6, 6.07) is 50.8. The van der Waals surface area contributed by atoms with E-state index in [1.54, 1.807) is 0 Å². The molecule has 1 aromatic heterocycles. The van der Waals surface area contributed by atoms with Gasteiger partial charge in [0.1, 0.15) is 0 Å². The highest BCUT2D eigenvalue weighted by Gasteiger charge is 2.29. The van der Waals surface area contributed by atoms with Crippen molar-refractivity contribution in [3.05, 3.63) is 167 Å². The summed E-state index contributed by atoms with van der Waals surface area (Å²) < 4.78 is 1.36. The molecule has 11 rings (SSSR count). The fourth-order valence-electron chi connectivity index (χ4n) is 8.41. The third-order valence-corrected chi connectivity index (χ3v) is 11.8. The van der Waals surface area contributed by atoms with Crippen LogP contribution in [0.4, 0.5) is 0 Å². The van der Waals surface area contributed by atoms with Crippen molar-refractivity contribution in [3.8, 4) is 54.9 Å². The monoisotopic (exact) mass is 600 g/mol. The molecule has 0 radical (unpaired) electrons. The Hall–Kier alpha value is -5.24. The highest BCUT2D eigenvalue weighted by atomic mass is 32.1. The molecule has 0 spiro atoms. The van der Waals surface area contributed by atoms with Crippen molar-refractivity contribution in [1.29, 1.82) is 0 Å². The largest absolute Gasteiger partial charge is 0.135 e. The lowest BCUT2D eigenvalue weighted by atomic mass is 9.95. The normalized spacial score (nSPS) is 13.4. The van der Waals surface area contributed by atoms with Crippen molar-refractivity contribution in [1.82, 2.24) is 0 Å². The molecule has 0 atom stereocenters. The van der Waals surface area contributed by atoms with Gasteiger partial charge in [-0.05, 0) is 167 Å². The van der Waals surface area contributed by atoms with Crippen LogP contribution in [0.5, 0.6) is 0 Å². The Morgan fingerprint density at radius 2 is 0.804 bits per heavy atom. The minimum Gasteiger partial charge on any atom is -0.135 e. The van der Waals surface area contributed by atoms with Gasteiger partial charge in [-0.25, -0.2) is 0 Å². The maximum absolute atomic E-state index is 2.52. The first kappa shape index (κ1) is 25.0. The van der Waals surface area contributed by atoms with Crippen LogP contribution in [0.25, 0.3) is 75.8 Å². The minimum atomic E-state index is 1.01. The van der Waals surface area contributed by atoms with Gasteiger partial charge in [-0.2, -0.15) is 0 Å². The molecule has 8 aromatic rings. The van der Waals surface area contributed by atoms with E-state index in [4.69, 9.17) is 0 Å². The average Bonchev–Trinajstić information content (AvgIpc) is 3.86. The smallest absolute Gasteiger partial charge is 0.0355 e. The zero-order valence-electron chi connectivity index (χ0n) is 25.2. The Balaban J connectivity index is 0.918. The van der Waals surface area contributed by atoms with Crippen LogP contribution in [0, 0.1) is 0 Å². The molecule has 46 heavy (non-hydrogen) atoms. The molecule has 0 fully saturated rings. The van der Waals surface area contributed by atoms with Gasteiger partial charge in [0.15, 0.2) is 0 Å². The van der Waals surface area contributed by atoms with Gasteiger partial charge in [-0.15, -0.1) is 11.3 Å². The molecule has 0 saturated heterocycles. The predicted octanol–water partition coefficient (Wildman–Crippen LogP) is 12.1. The predicted molar refractivity (Wildman–Crippen MR) is 195 cm³/mol. The highest BCUT2D eigenvalue weighted by molar-refractivity contribution is 7.22. The van der Waals surface area contributed by atoms with Crippen molar-refractivity contribution >= 4 is 32.2 Å². The Morgan fingerprint density at radius 3 is 1.46 bits per heavy atom. The Kier molecular flexibility index (Phi) is 4.98. The van der Waals surface area contributed by atoms with E-state index < -0.39 is 0 Å². The van der Waals surface area contributed by atoms with Crippen molar-refractivity contribution in [3.63, 3.8) is 0 Å². The molecule has 0 nitrogen and oxygen atoms in total. The van der Waals surface area contributed by atoms with Crippen LogP contribution in [0.2, 0.25) is 0 Å². The van der Waals surface area contributed by atoms with Crippen LogP contribution in [0.3, 0.4) is 0 Å². The maximum atomic E-state index is 2.52. The van der Waals surface area contributed by atoms with Crippen molar-refractivity contribution in [2.45, 2.75) is 19.3 Å². The third-order valence-electron chi connectivity index (χ3n) is 10.7. The molecule has 0 bridgehead atoms. The zero-order valence-corrected chi connectivity index (χ0v) is 26.0. The molecular formula is C45H28S. The zero-order chi connectivity index (χ0) is 29.9. The van der Waals surface area contributed by atoms with Gasteiger partial charge in [0, 0.05) is 9.58 Å². The number of fused-ring (bicyclic) bond motifs is 11. The summed E-state index contributed by atoms with van der Waals surface area (Å²) in [6.07, 6.45) is 3.04. The molecule has 0 saturated carbocycles. The van der Waals surface area contributed by atoms with E-state index in [1.165, 1.54) is 109 Å². The van der Waals surface area contributed by atoms with Crippen LogP contribution in [-0.4, -0.2) is 0 Å². The number of thiophene rings is 1. The first-order valence-electron chi connectivity index (χ1n) is 16.3. The van der Waals surface area contributed by atoms with E-state index in [1.807, 2.05) is 11.3 Å². The van der Waals surface area contributed by atoms with Gasteiger partial charge in [0.05, 0.1) is 0 Å². The first-order chi connectivity index (χ1) is 22.7. The third kappa shape index (κ3) is 3.61. The second-order valence-corrected chi connectivity index (χ2v) is 14.4. The van der Waals surface area contributed by atoms with Crippen LogP contribution in [0.15, 0.2) is 133 Å². The molecule has 0 unspecified atom stereocenters. The highest BCUT2D eigenvalue weighted by Crippen LogP contribution is 2.49. The molecule has 0 N–H and O–H groups in total. The summed E-state index contributed by atoms with van der Waals surface area (Å²) in [7, 11) is 0. The van der Waals surface area contributed by atoms with Gasteiger partial charge in [0.25, 0.3) is 0 Å². The van der Waals surface area contributed by atoms with Gasteiger partial charge < -0.3 is 0 Å². The molecule has 1 heterocycles. The Bertz CT molecular complexity index is 2580. The second-order valence-electron chi connectivity index (χ2n) is 13.3. The number of rotatable bonds is 2. The molecule has 3 aliphatic rings. The molecule has 0 amide bonds. The van der Waals surface area contributed by atoms with Crippen molar-refractivity contribution in [2.75, 3.05) is 0 Å². The molecule has 7 aromatic carbocycles. The average molecular weight is 601 g/mol. The van der Waals surface area contributed by atoms with E-state index in [0.29, 0.717) is 0 Å². The quantitative estimate of drug-likeness (QED) is 0.185. The SMILES string of the molecule is c1ccc2cc(-c3ccc4c(c3)Cc3cc5c(cc3-4)Cc3cc4c(cc3-5)Cc3cc(-c5cc6ccccc6s5)ccc3-4)ccc2c1. The number of hydrogen-bond donors (Lipinski definition) is 0. The summed E-state index contributed by atoms with van der Waals surface area (Å²) >= 11 is 1.89. The van der Waals surface area contributed by atoms with Crippen molar-refractivity contribution < 1.29 is 0 Å². The first-order valence-corrected chi connectivity index (χ1v) is 17.1. The number of benzene rings is 7. The Labute approximate surface area is 272 Å². The van der Waals surface area contributed by atoms with E-state index in [2.05, 4.69) is 133 Å². The van der Waals surface area contributed by atoms with Gasteiger partial charge in [-0.1, -0.05) is 84.9 Å². The number of hydrogen-bond acceptors (Lipinski definition) is 1. The second kappa shape index (κ2) is 9.16. The molecular weight excluding hydrogens is 573 g/mol. The molecule has 0 aliphatic heterocycles. The summed E-state index contributed by atoms with van der Waals surface area (Å²) in [5.41, 5.74) is 21.3. The maximum Gasteiger partial charge on any atom is 0.0355 e. The van der Waals surface area contributed by atoms with Crippen LogP contribution in [-0.2, 0) is 19.3 Å². The lowest BCUT2D eigenvalue weighted by molar-refractivity contribution is 1.23. The van der Waals surface area contributed by atoms with E-state index >= 15 is 0 Å². The van der Waals surface area contributed by atoms with Crippen LogP contribution >= 0.6 is 11.3 Å². The lowest BCUT2D eigenvalue weighted by Gasteiger charge is -2.09. The topological polar surface area (TPSA) is 0 Å². The molecule has 1 heteroatoms.